The second kappa shape index (κ2) is 5.72. The summed E-state index contributed by atoms with van der Waals surface area (Å²) in [4.78, 5) is 2.39. The van der Waals surface area contributed by atoms with Crippen LogP contribution in [0.5, 0.6) is 0 Å². The van der Waals surface area contributed by atoms with E-state index in [4.69, 9.17) is 0 Å². The average molecular weight is 276 g/mol. The first-order valence-electron chi connectivity index (χ1n) is 7.91. The van der Waals surface area contributed by atoms with Crippen LogP contribution in [-0.4, -0.2) is 20.1 Å². The average Bonchev–Trinajstić information content (AvgIpc) is 2.91. The van der Waals surface area contributed by atoms with Crippen LogP contribution < -0.4 is 10.2 Å². The van der Waals surface area contributed by atoms with Crippen LogP contribution in [0.3, 0.4) is 0 Å². The molecule has 1 spiro atoms. The lowest BCUT2D eigenvalue weighted by Gasteiger charge is -2.41. The molecule has 110 valence electrons. The lowest BCUT2D eigenvalue weighted by atomic mass is 9.77. The maximum Gasteiger partial charge on any atom is 0.129 e. The predicted molar refractivity (Wildman–Crippen MR) is 81.5 cm³/mol. The molecular formula is C17H25FN2. The maximum absolute atomic E-state index is 14.0. The summed E-state index contributed by atoms with van der Waals surface area (Å²) in [5.41, 5.74) is 2.53. The fourth-order valence-corrected chi connectivity index (χ4v) is 4.04. The van der Waals surface area contributed by atoms with Gasteiger partial charge in [-0.25, -0.2) is 4.39 Å². The minimum atomic E-state index is -0.0852. The molecule has 0 atom stereocenters. The summed E-state index contributed by atoms with van der Waals surface area (Å²) in [6.45, 7) is 2.77. The van der Waals surface area contributed by atoms with E-state index in [1.54, 1.807) is 6.07 Å². The van der Waals surface area contributed by atoms with Gasteiger partial charge in [-0.3, -0.25) is 0 Å². The molecule has 3 rings (SSSR count). The Hall–Kier alpha value is -1.09. The smallest absolute Gasteiger partial charge is 0.129 e. The molecule has 2 fully saturated rings. The molecule has 0 aromatic heterocycles. The van der Waals surface area contributed by atoms with Gasteiger partial charge in [-0.2, -0.15) is 0 Å². The number of nitrogens with one attached hydrogen (secondary N) is 1. The van der Waals surface area contributed by atoms with E-state index in [-0.39, 0.29) is 5.82 Å². The standard InChI is InChI=1S/C17H25FN2/c1-19-13-14-15(18)5-4-6-16(14)20-11-9-17(10-12-20)7-2-3-8-17/h4-6,19H,2-3,7-13H2,1H3. The Morgan fingerprint density at radius 2 is 1.85 bits per heavy atom. The van der Waals surface area contributed by atoms with Crippen LogP contribution in [0, 0.1) is 11.2 Å². The minimum Gasteiger partial charge on any atom is -0.371 e. The lowest BCUT2D eigenvalue weighted by Crippen LogP contribution is -2.39. The van der Waals surface area contributed by atoms with Crippen molar-refractivity contribution >= 4 is 5.69 Å². The van der Waals surface area contributed by atoms with Crippen molar-refractivity contribution in [3.8, 4) is 0 Å². The molecule has 1 aliphatic carbocycles. The van der Waals surface area contributed by atoms with E-state index in [2.05, 4.69) is 16.3 Å². The summed E-state index contributed by atoms with van der Waals surface area (Å²) >= 11 is 0. The van der Waals surface area contributed by atoms with Crippen LogP contribution in [0.4, 0.5) is 10.1 Å². The Balaban J connectivity index is 1.76. The summed E-state index contributed by atoms with van der Waals surface area (Å²) in [6.07, 6.45) is 8.20. The Bertz CT molecular complexity index is 456. The normalized spacial score (nSPS) is 21.6. The Morgan fingerprint density at radius 3 is 2.50 bits per heavy atom. The zero-order chi connectivity index (χ0) is 14.0. The molecule has 1 aromatic carbocycles. The first-order chi connectivity index (χ1) is 9.74. The van der Waals surface area contributed by atoms with Crippen molar-refractivity contribution in [2.45, 2.75) is 45.1 Å². The number of hydrogen-bond donors (Lipinski definition) is 1. The molecule has 1 heterocycles. The molecule has 1 aliphatic heterocycles. The minimum absolute atomic E-state index is 0.0852. The first kappa shape index (κ1) is 13.9. The van der Waals surface area contributed by atoms with Crippen molar-refractivity contribution in [2.75, 3.05) is 25.0 Å². The van der Waals surface area contributed by atoms with E-state index in [0.717, 1.165) is 24.3 Å². The molecule has 1 aromatic rings. The van der Waals surface area contributed by atoms with Crippen LogP contribution in [0.1, 0.15) is 44.1 Å². The van der Waals surface area contributed by atoms with Gasteiger partial charge in [-0.15, -0.1) is 0 Å². The van der Waals surface area contributed by atoms with E-state index in [9.17, 15) is 4.39 Å². The fourth-order valence-electron chi connectivity index (χ4n) is 4.04. The Labute approximate surface area is 121 Å². The topological polar surface area (TPSA) is 15.3 Å². The number of benzene rings is 1. The highest BCUT2D eigenvalue weighted by atomic mass is 19.1. The lowest BCUT2D eigenvalue weighted by molar-refractivity contribution is 0.226. The highest BCUT2D eigenvalue weighted by Crippen LogP contribution is 2.46. The molecule has 1 saturated carbocycles. The molecule has 2 aliphatic rings. The molecule has 1 N–H and O–H groups in total. The van der Waals surface area contributed by atoms with Crippen molar-refractivity contribution in [1.82, 2.24) is 5.32 Å². The maximum atomic E-state index is 14.0. The van der Waals surface area contributed by atoms with Crippen molar-refractivity contribution in [3.63, 3.8) is 0 Å². The number of hydrogen-bond acceptors (Lipinski definition) is 2. The monoisotopic (exact) mass is 276 g/mol. The second-order valence-corrected chi connectivity index (χ2v) is 6.46. The first-order valence-corrected chi connectivity index (χ1v) is 7.91. The number of nitrogens with zero attached hydrogens (tertiary/aromatic N) is 1. The summed E-state index contributed by atoms with van der Waals surface area (Å²) < 4.78 is 14.0. The van der Waals surface area contributed by atoms with Gasteiger partial charge in [0.15, 0.2) is 0 Å². The Morgan fingerprint density at radius 1 is 1.15 bits per heavy atom. The number of rotatable bonds is 3. The van der Waals surface area contributed by atoms with E-state index in [1.165, 1.54) is 38.5 Å². The van der Waals surface area contributed by atoms with Crippen LogP contribution in [-0.2, 0) is 6.54 Å². The summed E-state index contributed by atoms with van der Waals surface area (Å²) in [5.74, 6) is -0.0852. The fraction of sp³-hybridized carbons (Fsp3) is 0.647. The quantitative estimate of drug-likeness (QED) is 0.905. The van der Waals surface area contributed by atoms with Gasteiger partial charge in [0, 0.05) is 30.9 Å². The van der Waals surface area contributed by atoms with Gasteiger partial charge >= 0.3 is 0 Å². The highest BCUT2D eigenvalue weighted by Gasteiger charge is 2.37. The van der Waals surface area contributed by atoms with Crippen LogP contribution >= 0.6 is 0 Å². The van der Waals surface area contributed by atoms with Crippen molar-refractivity contribution < 1.29 is 4.39 Å². The van der Waals surface area contributed by atoms with E-state index in [0.29, 0.717) is 12.0 Å². The van der Waals surface area contributed by atoms with Crippen LogP contribution in [0.15, 0.2) is 18.2 Å². The van der Waals surface area contributed by atoms with Gasteiger partial charge in [0.1, 0.15) is 5.82 Å². The molecule has 0 bridgehead atoms. The highest BCUT2D eigenvalue weighted by molar-refractivity contribution is 5.54. The molecule has 20 heavy (non-hydrogen) atoms. The number of anilines is 1. The van der Waals surface area contributed by atoms with Crippen molar-refractivity contribution in [3.05, 3.63) is 29.6 Å². The summed E-state index contributed by atoms with van der Waals surface area (Å²) in [7, 11) is 1.87. The molecule has 0 unspecified atom stereocenters. The predicted octanol–water partition coefficient (Wildman–Crippen LogP) is 3.71. The van der Waals surface area contributed by atoms with Gasteiger partial charge in [0.25, 0.3) is 0 Å². The molecule has 0 amide bonds. The number of halogens is 1. The molecular weight excluding hydrogens is 251 g/mol. The van der Waals surface area contributed by atoms with Crippen molar-refractivity contribution in [1.29, 1.82) is 0 Å². The SMILES string of the molecule is CNCc1c(F)cccc1N1CCC2(CCCC2)CC1. The van der Waals surface area contributed by atoms with Crippen molar-refractivity contribution in [2.24, 2.45) is 5.41 Å². The zero-order valence-electron chi connectivity index (χ0n) is 12.4. The third-order valence-corrected chi connectivity index (χ3v) is 5.28. The molecule has 0 radical (unpaired) electrons. The van der Waals surface area contributed by atoms with Gasteiger partial charge in [0.2, 0.25) is 0 Å². The number of piperidine rings is 1. The van der Waals surface area contributed by atoms with Gasteiger partial charge in [-0.1, -0.05) is 18.9 Å². The van der Waals surface area contributed by atoms with E-state index < -0.39 is 0 Å². The van der Waals surface area contributed by atoms with Crippen LogP contribution in [0.2, 0.25) is 0 Å². The zero-order valence-corrected chi connectivity index (χ0v) is 12.4. The van der Waals surface area contributed by atoms with Gasteiger partial charge < -0.3 is 10.2 Å². The van der Waals surface area contributed by atoms with E-state index in [1.807, 2.05) is 13.1 Å². The molecule has 1 saturated heterocycles. The van der Waals surface area contributed by atoms with E-state index >= 15 is 0 Å². The van der Waals surface area contributed by atoms with Crippen LogP contribution in [0.25, 0.3) is 0 Å². The summed E-state index contributed by atoms with van der Waals surface area (Å²) in [5, 5.41) is 3.09. The second-order valence-electron chi connectivity index (χ2n) is 6.46. The summed E-state index contributed by atoms with van der Waals surface area (Å²) in [6, 6.07) is 5.48. The van der Waals surface area contributed by atoms with Gasteiger partial charge in [0.05, 0.1) is 0 Å². The largest absolute Gasteiger partial charge is 0.371 e. The molecule has 2 nitrogen and oxygen atoms in total. The third kappa shape index (κ3) is 2.56. The Kier molecular flexibility index (Phi) is 3.97. The molecule has 3 heteroatoms. The third-order valence-electron chi connectivity index (χ3n) is 5.28. The van der Waals surface area contributed by atoms with Gasteiger partial charge in [-0.05, 0) is 50.3 Å².